The van der Waals surface area contributed by atoms with Gasteiger partial charge in [-0.15, -0.1) is 0 Å². The zero-order chi connectivity index (χ0) is 21.8. The van der Waals surface area contributed by atoms with E-state index in [0.717, 1.165) is 27.4 Å². The molecule has 0 saturated heterocycles. The normalized spacial score (nSPS) is 12.3. The van der Waals surface area contributed by atoms with E-state index in [9.17, 15) is 13.2 Å². The molecule has 29 heavy (non-hydrogen) atoms. The Bertz CT molecular complexity index is 972. The number of halogens is 1. The van der Waals surface area contributed by atoms with Crippen molar-refractivity contribution in [3.8, 4) is 5.75 Å². The van der Waals surface area contributed by atoms with E-state index >= 15 is 0 Å². The molecule has 1 unspecified atom stereocenters. The second kappa shape index (κ2) is 9.50. The SMILES string of the molecule is Cc1cc(C)cc(OCCNC(=O)C(C)N(c2cc(Cl)ccc2C)S(C)(=O)=O)c1. The number of carbonyl (C=O) groups is 1. The van der Waals surface area contributed by atoms with E-state index in [0.29, 0.717) is 16.3 Å². The van der Waals surface area contributed by atoms with Crippen LogP contribution in [0.5, 0.6) is 5.75 Å². The standard InChI is InChI=1S/C21H27ClN2O4S/c1-14-10-15(2)12-19(11-14)28-9-8-23-21(25)17(4)24(29(5,26)27)20-13-18(22)7-6-16(20)3/h6-7,10-13,17H,8-9H2,1-5H3,(H,23,25). The third-order valence-electron chi connectivity index (χ3n) is 4.36. The molecule has 6 nitrogen and oxygen atoms in total. The minimum absolute atomic E-state index is 0.252. The van der Waals surface area contributed by atoms with E-state index in [1.807, 2.05) is 32.0 Å². The van der Waals surface area contributed by atoms with E-state index in [2.05, 4.69) is 5.32 Å². The molecule has 0 radical (unpaired) electrons. The minimum Gasteiger partial charge on any atom is -0.492 e. The van der Waals surface area contributed by atoms with Crippen LogP contribution in [0.2, 0.25) is 5.02 Å². The Morgan fingerprint density at radius 3 is 2.34 bits per heavy atom. The van der Waals surface area contributed by atoms with Gasteiger partial charge in [0.25, 0.3) is 0 Å². The van der Waals surface area contributed by atoms with Gasteiger partial charge in [-0.3, -0.25) is 9.10 Å². The lowest BCUT2D eigenvalue weighted by molar-refractivity contribution is -0.121. The van der Waals surface area contributed by atoms with Crippen molar-refractivity contribution in [1.82, 2.24) is 5.32 Å². The number of ether oxygens (including phenoxy) is 1. The largest absolute Gasteiger partial charge is 0.492 e. The third-order valence-corrected chi connectivity index (χ3v) is 5.82. The van der Waals surface area contributed by atoms with Gasteiger partial charge in [-0.1, -0.05) is 23.7 Å². The average molecular weight is 439 g/mol. The predicted molar refractivity (Wildman–Crippen MR) is 117 cm³/mol. The summed E-state index contributed by atoms with van der Waals surface area (Å²) >= 11 is 6.04. The first-order valence-electron chi connectivity index (χ1n) is 9.23. The average Bonchev–Trinajstić information content (AvgIpc) is 2.59. The van der Waals surface area contributed by atoms with Crippen molar-refractivity contribution < 1.29 is 17.9 Å². The number of nitrogens with one attached hydrogen (secondary N) is 1. The molecular weight excluding hydrogens is 412 g/mol. The van der Waals surface area contributed by atoms with Crippen LogP contribution >= 0.6 is 11.6 Å². The van der Waals surface area contributed by atoms with Gasteiger partial charge in [0.1, 0.15) is 18.4 Å². The summed E-state index contributed by atoms with van der Waals surface area (Å²) < 4.78 is 31.6. The molecule has 0 aliphatic carbocycles. The second-order valence-electron chi connectivity index (χ2n) is 7.13. The van der Waals surface area contributed by atoms with Crippen LogP contribution < -0.4 is 14.4 Å². The number of amides is 1. The lowest BCUT2D eigenvalue weighted by Gasteiger charge is -2.29. The maximum Gasteiger partial charge on any atom is 0.243 e. The Morgan fingerprint density at radius 1 is 1.14 bits per heavy atom. The van der Waals surface area contributed by atoms with Crippen molar-refractivity contribution in [2.24, 2.45) is 0 Å². The van der Waals surface area contributed by atoms with E-state index in [1.54, 1.807) is 32.0 Å². The van der Waals surface area contributed by atoms with Crippen LogP contribution in [0.4, 0.5) is 5.69 Å². The van der Waals surface area contributed by atoms with E-state index < -0.39 is 22.0 Å². The number of nitrogens with zero attached hydrogens (tertiary/aromatic N) is 1. The molecule has 0 fully saturated rings. The lowest BCUT2D eigenvalue weighted by Crippen LogP contribution is -2.48. The fourth-order valence-corrected chi connectivity index (χ4v) is 4.50. The molecule has 0 heterocycles. The Labute approximate surface area is 177 Å². The monoisotopic (exact) mass is 438 g/mol. The maximum absolute atomic E-state index is 12.6. The molecular formula is C21H27ClN2O4S. The van der Waals surface area contributed by atoms with Crippen LogP contribution in [0, 0.1) is 20.8 Å². The van der Waals surface area contributed by atoms with Crippen molar-refractivity contribution in [2.45, 2.75) is 33.7 Å². The van der Waals surface area contributed by atoms with Gasteiger partial charge in [0.2, 0.25) is 15.9 Å². The first-order chi connectivity index (χ1) is 13.5. The summed E-state index contributed by atoms with van der Waals surface area (Å²) in [5.41, 5.74) is 3.28. The number of carbonyl (C=O) groups excluding carboxylic acids is 1. The topological polar surface area (TPSA) is 75.7 Å². The van der Waals surface area contributed by atoms with Crippen molar-refractivity contribution in [3.63, 3.8) is 0 Å². The van der Waals surface area contributed by atoms with Gasteiger partial charge < -0.3 is 10.1 Å². The summed E-state index contributed by atoms with van der Waals surface area (Å²) in [5, 5.41) is 3.13. The smallest absolute Gasteiger partial charge is 0.243 e. The third kappa shape index (κ3) is 6.37. The van der Waals surface area contributed by atoms with E-state index in [1.165, 1.54) is 0 Å². The molecule has 0 aliphatic rings. The highest BCUT2D eigenvalue weighted by atomic mass is 35.5. The van der Waals surface area contributed by atoms with Gasteiger partial charge in [-0.05, 0) is 68.7 Å². The number of hydrogen-bond acceptors (Lipinski definition) is 4. The molecule has 0 spiro atoms. The fourth-order valence-electron chi connectivity index (χ4n) is 3.11. The van der Waals surface area contributed by atoms with Gasteiger partial charge >= 0.3 is 0 Å². The Morgan fingerprint density at radius 2 is 1.76 bits per heavy atom. The van der Waals surface area contributed by atoms with Crippen molar-refractivity contribution in [1.29, 1.82) is 0 Å². The van der Waals surface area contributed by atoms with Gasteiger partial charge in [0.05, 0.1) is 18.5 Å². The number of aryl methyl sites for hydroxylation is 3. The highest BCUT2D eigenvalue weighted by molar-refractivity contribution is 7.92. The molecule has 8 heteroatoms. The van der Waals surface area contributed by atoms with Crippen LogP contribution in [0.25, 0.3) is 0 Å². The molecule has 1 N–H and O–H groups in total. The Hall–Kier alpha value is -2.25. The second-order valence-corrected chi connectivity index (χ2v) is 9.42. The van der Waals surface area contributed by atoms with Gasteiger partial charge in [-0.2, -0.15) is 0 Å². The van der Waals surface area contributed by atoms with Gasteiger partial charge in [0.15, 0.2) is 0 Å². The maximum atomic E-state index is 12.6. The zero-order valence-electron chi connectivity index (χ0n) is 17.3. The molecule has 0 aliphatic heterocycles. The molecule has 2 aromatic carbocycles. The van der Waals surface area contributed by atoms with Crippen LogP contribution in [0.3, 0.4) is 0 Å². The van der Waals surface area contributed by atoms with Gasteiger partial charge in [-0.25, -0.2) is 8.42 Å². The molecule has 158 valence electrons. The highest BCUT2D eigenvalue weighted by Crippen LogP contribution is 2.28. The van der Waals surface area contributed by atoms with Crippen LogP contribution in [-0.4, -0.2) is 39.8 Å². The molecule has 1 amide bonds. The number of anilines is 1. The first kappa shape index (κ1) is 23.0. The fraction of sp³-hybridized carbons (Fsp3) is 0.381. The summed E-state index contributed by atoms with van der Waals surface area (Å²) in [7, 11) is -3.70. The van der Waals surface area contributed by atoms with E-state index in [-0.39, 0.29) is 13.2 Å². The van der Waals surface area contributed by atoms with Gasteiger partial charge in [0, 0.05) is 5.02 Å². The molecule has 0 saturated carbocycles. The Balaban J connectivity index is 2.05. The number of rotatable bonds is 8. The molecule has 1 atom stereocenters. The summed E-state index contributed by atoms with van der Waals surface area (Å²) in [6.07, 6.45) is 1.07. The molecule has 2 aromatic rings. The van der Waals surface area contributed by atoms with Crippen molar-refractivity contribution in [2.75, 3.05) is 23.7 Å². The highest BCUT2D eigenvalue weighted by Gasteiger charge is 2.30. The molecule has 0 bridgehead atoms. The molecule has 0 aromatic heterocycles. The summed E-state index contributed by atoms with van der Waals surface area (Å²) in [4.78, 5) is 12.6. The lowest BCUT2D eigenvalue weighted by atomic mass is 10.1. The van der Waals surface area contributed by atoms with E-state index in [4.69, 9.17) is 16.3 Å². The quantitative estimate of drug-likeness (QED) is 0.639. The zero-order valence-corrected chi connectivity index (χ0v) is 18.9. The summed E-state index contributed by atoms with van der Waals surface area (Å²) in [6, 6.07) is 9.89. The van der Waals surface area contributed by atoms with Crippen molar-refractivity contribution >= 4 is 33.2 Å². The van der Waals surface area contributed by atoms with Crippen molar-refractivity contribution in [3.05, 3.63) is 58.1 Å². The number of benzene rings is 2. The van der Waals surface area contributed by atoms with Crippen LogP contribution in [-0.2, 0) is 14.8 Å². The first-order valence-corrected chi connectivity index (χ1v) is 11.5. The van der Waals surface area contributed by atoms with Crippen LogP contribution in [0.15, 0.2) is 36.4 Å². The number of sulfonamides is 1. The predicted octanol–water partition coefficient (Wildman–Crippen LogP) is 3.61. The minimum atomic E-state index is -3.70. The van der Waals surface area contributed by atoms with Crippen LogP contribution in [0.1, 0.15) is 23.6 Å². The Kier molecular flexibility index (Phi) is 7.54. The summed E-state index contributed by atoms with van der Waals surface area (Å²) in [6.45, 7) is 7.81. The summed E-state index contributed by atoms with van der Waals surface area (Å²) in [5.74, 6) is 0.316. The molecule has 2 rings (SSSR count). The number of hydrogen-bond donors (Lipinski definition) is 1.